The van der Waals surface area contributed by atoms with Gasteiger partial charge in [-0.05, 0) is 56.2 Å². The maximum absolute atomic E-state index is 11.1. The molecule has 1 atom stereocenters. The van der Waals surface area contributed by atoms with Crippen LogP contribution in [0, 0.1) is 11.3 Å². The fourth-order valence-electron chi connectivity index (χ4n) is 4.23. The predicted octanol–water partition coefficient (Wildman–Crippen LogP) is 0.949. The molecule has 4 heterocycles. The number of nitrogens with zero attached hydrogens (tertiary/aromatic N) is 1. The Bertz CT molecular complexity index is 285. The monoisotopic (exact) mass is 257 g/mol. The van der Waals surface area contributed by atoms with Gasteiger partial charge in [0.15, 0.2) is 0 Å². The molecule has 2 N–H and O–H groups in total. The van der Waals surface area contributed by atoms with Crippen LogP contribution in [-0.4, -0.2) is 58.5 Å². The van der Waals surface area contributed by atoms with Crippen LogP contribution in [0.15, 0.2) is 0 Å². The second kappa shape index (κ2) is 4.41. The Morgan fingerprint density at radius 2 is 1.82 bits per heavy atom. The molecule has 4 saturated heterocycles. The molecule has 98 valence electrons. The third kappa shape index (κ3) is 1.76. The third-order valence-electron chi connectivity index (χ3n) is 5.40. The number of hydrogen-bond acceptors (Lipinski definition) is 4. The molecule has 0 spiro atoms. The Kier molecular flexibility index (Phi) is 3.18. The van der Waals surface area contributed by atoms with Crippen LogP contribution in [0.2, 0.25) is 0 Å². The van der Waals surface area contributed by atoms with E-state index in [1.54, 1.807) is 0 Å². The van der Waals surface area contributed by atoms with E-state index in [1.807, 2.05) is 11.8 Å². The molecule has 0 saturated carbocycles. The average molecular weight is 257 g/mol. The first-order valence-electron chi connectivity index (χ1n) is 6.84. The van der Waals surface area contributed by atoms with E-state index in [0.717, 1.165) is 56.8 Å². The van der Waals surface area contributed by atoms with E-state index in [9.17, 15) is 10.2 Å². The topological polar surface area (TPSA) is 43.7 Å². The first-order chi connectivity index (χ1) is 8.20. The summed E-state index contributed by atoms with van der Waals surface area (Å²) in [7, 11) is 0. The Labute approximate surface area is 108 Å². The highest BCUT2D eigenvalue weighted by molar-refractivity contribution is 7.99. The van der Waals surface area contributed by atoms with Gasteiger partial charge in [-0.15, -0.1) is 0 Å². The molecule has 4 rings (SSSR count). The number of thioether (sulfide) groups is 1. The summed E-state index contributed by atoms with van der Waals surface area (Å²) in [6.07, 6.45) is 4.05. The zero-order valence-electron chi connectivity index (χ0n) is 10.4. The second-order valence-corrected chi connectivity index (χ2v) is 7.23. The fourth-order valence-corrected chi connectivity index (χ4v) is 5.40. The molecule has 0 aromatic heterocycles. The van der Waals surface area contributed by atoms with Crippen LogP contribution < -0.4 is 0 Å². The molecule has 0 amide bonds. The summed E-state index contributed by atoms with van der Waals surface area (Å²) in [4.78, 5) is 2.44. The van der Waals surface area contributed by atoms with Gasteiger partial charge in [-0.2, -0.15) is 11.8 Å². The Hall–Kier alpha value is 0.230. The van der Waals surface area contributed by atoms with Crippen molar-refractivity contribution in [2.24, 2.45) is 11.3 Å². The third-order valence-corrected chi connectivity index (χ3v) is 6.39. The van der Waals surface area contributed by atoms with Gasteiger partial charge in [-0.3, -0.25) is 0 Å². The standard InChI is InChI=1S/C13H23NO2S/c15-10-12(13(16)3-7-17-8-4-13)9-14-5-1-11(12)2-6-14/h11,15-16H,1-10H2. The number of piperidine rings is 3. The van der Waals surface area contributed by atoms with E-state index in [1.165, 1.54) is 0 Å². The quantitative estimate of drug-likeness (QED) is 0.773. The van der Waals surface area contributed by atoms with Crippen molar-refractivity contribution in [3.63, 3.8) is 0 Å². The first kappa shape index (κ1) is 12.3. The van der Waals surface area contributed by atoms with Gasteiger partial charge in [-0.25, -0.2) is 0 Å². The summed E-state index contributed by atoms with van der Waals surface area (Å²) < 4.78 is 0. The highest BCUT2D eigenvalue weighted by Crippen LogP contribution is 2.52. The molecule has 4 heteroatoms. The Morgan fingerprint density at radius 3 is 2.29 bits per heavy atom. The lowest BCUT2D eigenvalue weighted by Gasteiger charge is -2.60. The Morgan fingerprint density at radius 1 is 1.18 bits per heavy atom. The van der Waals surface area contributed by atoms with Crippen molar-refractivity contribution in [3.8, 4) is 0 Å². The smallest absolute Gasteiger partial charge is 0.0756 e. The molecule has 4 fully saturated rings. The number of aliphatic hydroxyl groups excluding tert-OH is 1. The number of aliphatic hydroxyl groups is 2. The van der Waals surface area contributed by atoms with E-state index >= 15 is 0 Å². The summed E-state index contributed by atoms with van der Waals surface area (Å²) >= 11 is 1.94. The van der Waals surface area contributed by atoms with Crippen LogP contribution in [0.5, 0.6) is 0 Å². The van der Waals surface area contributed by atoms with Crippen LogP contribution in [0.4, 0.5) is 0 Å². The van der Waals surface area contributed by atoms with Crippen LogP contribution in [-0.2, 0) is 0 Å². The molecule has 2 bridgehead atoms. The molecule has 3 nitrogen and oxygen atoms in total. The highest BCUT2D eigenvalue weighted by Gasteiger charge is 2.58. The molecule has 17 heavy (non-hydrogen) atoms. The minimum Gasteiger partial charge on any atom is -0.396 e. The van der Waals surface area contributed by atoms with Crippen LogP contribution in [0.25, 0.3) is 0 Å². The molecule has 0 aromatic rings. The molecule has 1 unspecified atom stereocenters. The minimum absolute atomic E-state index is 0.162. The van der Waals surface area contributed by atoms with Crippen molar-refractivity contribution in [1.82, 2.24) is 4.90 Å². The largest absolute Gasteiger partial charge is 0.396 e. The van der Waals surface area contributed by atoms with Gasteiger partial charge in [0, 0.05) is 12.0 Å². The van der Waals surface area contributed by atoms with Crippen molar-refractivity contribution in [2.75, 3.05) is 37.7 Å². The summed E-state index contributed by atoms with van der Waals surface area (Å²) in [6.45, 7) is 3.40. The van der Waals surface area contributed by atoms with E-state index in [2.05, 4.69) is 4.90 Å². The van der Waals surface area contributed by atoms with Crippen molar-refractivity contribution < 1.29 is 10.2 Å². The van der Waals surface area contributed by atoms with Gasteiger partial charge in [0.1, 0.15) is 0 Å². The zero-order chi connectivity index (χ0) is 11.9. The summed E-state index contributed by atoms with van der Waals surface area (Å²) in [5.74, 6) is 2.63. The lowest BCUT2D eigenvalue weighted by molar-refractivity contribution is -0.192. The zero-order valence-corrected chi connectivity index (χ0v) is 11.2. The second-order valence-electron chi connectivity index (χ2n) is 6.01. The molecular formula is C13H23NO2S. The lowest BCUT2D eigenvalue weighted by Crippen LogP contribution is -2.67. The van der Waals surface area contributed by atoms with E-state index in [-0.39, 0.29) is 12.0 Å². The Balaban J connectivity index is 1.90. The number of fused-ring (bicyclic) bond motifs is 3. The summed E-state index contributed by atoms with van der Waals surface area (Å²) in [5.41, 5.74) is -0.846. The van der Waals surface area contributed by atoms with Crippen molar-refractivity contribution in [2.45, 2.75) is 31.3 Å². The van der Waals surface area contributed by atoms with Crippen molar-refractivity contribution in [3.05, 3.63) is 0 Å². The van der Waals surface area contributed by atoms with E-state index in [0.29, 0.717) is 5.92 Å². The van der Waals surface area contributed by atoms with Crippen LogP contribution >= 0.6 is 11.8 Å². The molecule has 4 aliphatic rings. The SMILES string of the molecule is OCC1(C2(O)CCSCC2)CN2CCC1CC2. The van der Waals surface area contributed by atoms with E-state index in [4.69, 9.17) is 0 Å². The van der Waals surface area contributed by atoms with Crippen molar-refractivity contribution in [1.29, 1.82) is 0 Å². The number of rotatable bonds is 2. The first-order valence-corrected chi connectivity index (χ1v) is 7.99. The van der Waals surface area contributed by atoms with Gasteiger partial charge in [-0.1, -0.05) is 0 Å². The van der Waals surface area contributed by atoms with Crippen LogP contribution in [0.3, 0.4) is 0 Å². The molecular weight excluding hydrogens is 234 g/mol. The lowest BCUT2D eigenvalue weighted by atomic mass is 9.56. The van der Waals surface area contributed by atoms with Gasteiger partial charge >= 0.3 is 0 Å². The molecule has 0 radical (unpaired) electrons. The fraction of sp³-hybridized carbons (Fsp3) is 1.00. The van der Waals surface area contributed by atoms with Gasteiger partial charge in [0.2, 0.25) is 0 Å². The summed E-state index contributed by atoms with van der Waals surface area (Å²) in [5, 5.41) is 21.1. The predicted molar refractivity (Wildman–Crippen MR) is 70.2 cm³/mol. The maximum atomic E-state index is 11.1. The van der Waals surface area contributed by atoms with Gasteiger partial charge < -0.3 is 15.1 Å². The van der Waals surface area contributed by atoms with Crippen LogP contribution in [0.1, 0.15) is 25.7 Å². The molecule has 0 aromatic carbocycles. The molecule has 4 aliphatic heterocycles. The van der Waals surface area contributed by atoms with E-state index < -0.39 is 5.60 Å². The van der Waals surface area contributed by atoms with Gasteiger partial charge in [0.05, 0.1) is 12.2 Å². The van der Waals surface area contributed by atoms with Gasteiger partial charge in [0.25, 0.3) is 0 Å². The number of hydrogen-bond donors (Lipinski definition) is 2. The summed E-state index contributed by atoms with van der Waals surface area (Å²) in [6, 6.07) is 0. The normalized spacial score (nSPS) is 44.8. The highest BCUT2D eigenvalue weighted by atomic mass is 32.2. The average Bonchev–Trinajstić information content (AvgIpc) is 2.40. The molecule has 0 aliphatic carbocycles. The maximum Gasteiger partial charge on any atom is 0.0756 e. The minimum atomic E-state index is -0.614. The van der Waals surface area contributed by atoms with Crippen molar-refractivity contribution >= 4 is 11.8 Å².